The van der Waals surface area contributed by atoms with Crippen molar-refractivity contribution in [3.8, 4) is 5.75 Å². The Morgan fingerprint density at radius 1 is 1.67 bits per heavy atom. The van der Waals surface area contributed by atoms with E-state index in [9.17, 15) is 0 Å². The third kappa shape index (κ3) is 1.26. The van der Waals surface area contributed by atoms with Gasteiger partial charge in [-0.05, 0) is 12.1 Å². The van der Waals surface area contributed by atoms with Crippen LogP contribution in [0.1, 0.15) is 0 Å². The Morgan fingerprint density at radius 2 is 2.50 bits per heavy atom. The molecule has 0 spiro atoms. The molecular weight excluding hydrogens is 194 g/mol. The van der Waals surface area contributed by atoms with E-state index in [1.165, 1.54) is 11.3 Å². The average Bonchev–Trinajstić information content (AvgIpc) is 2.43. The SMILES string of the molecule is COc1c[c]c2nc(Cl)sc2c1. The lowest BCUT2D eigenvalue weighted by atomic mass is 10.3. The van der Waals surface area contributed by atoms with Crippen LogP contribution in [0.4, 0.5) is 0 Å². The highest BCUT2D eigenvalue weighted by Crippen LogP contribution is 2.28. The summed E-state index contributed by atoms with van der Waals surface area (Å²) in [6.45, 7) is 0. The molecule has 1 aromatic heterocycles. The number of rotatable bonds is 1. The summed E-state index contributed by atoms with van der Waals surface area (Å²) < 4.78 is 6.57. The average molecular weight is 199 g/mol. The van der Waals surface area contributed by atoms with Crippen molar-refractivity contribution >= 4 is 33.2 Å². The Balaban J connectivity index is 2.66. The molecule has 2 nitrogen and oxygen atoms in total. The molecule has 4 heteroatoms. The second kappa shape index (κ2) is 2.92. The summed E-state index contributed by atoms with van der Waals surface area (Å²) in [4.78, 5) is 4.06. The number of thiazole rings is 1. The summed E-state index contributed by atoms with van der Waals surface area (Å²) in [6.07, 6.45) is 0. The quantitative estimate of drug-likeness (QED) is 0.703. The van der Waals surface area contributed by atoms with E-state index in [0.717, 1.165) is 16.0 Å². The fraction of sp³-hybridized carbons (Fsp3) is 0.125. The fourth-order valence-corrected chi connectivity index (χ4v) is 1.96. The van der Waals surface area contributed by atoms with Crippen molar-refractivity contribution < 1.29 is 4.74 Å². The Morgan fingerprint density at radius 3 is 3.25 bits per heavy atom. The van der Waals surface area contributed by atoms with Crippen molar-refractivity contribution in [3.63, 3.8) is 0 Å². The number of nitrogens with zero attached hydrogens (tertiary/aromatic N) is 1. The second-order valence-electron chi connectivity index (χ2n) is 2.22. The zero-order valence-electron chi connectivity index (χ0n) is 6.30. The van der Waals surface area contributed by atoms with E-state index >= 15 is 0 Å². The standard InChI is InChI=1S/C8H5ClNOS/c1-11-5-2-3-6-7(4-5)12-8(9)10-6/h2,4H,1H3. The van der Waals surface area contributed by atoms with Crippen molar-refractivity contribution in [1.82, 2.24) is 4.98 Å². The monoisotopic (exact) mass is 198 g/mol. The molecule has 1 heterocycles. The van der Waals surface area contributed by atoms with Crippen molar-refractivity contribution in [2.45, 2.75) is 0 Å². The zero-order chi connectivity index (χ0) is 8.55. The Bertz CT molecular complexity index is 412. The number of aromatic nitrogens is 1. The maximum Gasteiger partial charge on any atom is 0.184 e. The minimum atomic E-state index is 0.537. The van der Waals surface area contributed by atoms with Crippen LogP contribution in [0, 0.1) is 6.07 Å². The van der Waals surface area contributed by atoms with Gasteiger partial charge in [0.2, 0.25) is 0 Å². The van der Waals surface area contributed by atoms with Gasteiger partial charge < -0.3 is 4.74 Å². The second-order valence-corrected chi connectivity index (χ2v) is 3.83. The predicted octanol–water partition coefficient (Wildman–Crippen LogP) is 2.76. The smallest absolute Gasteiger partial charge is 0.184 e. The van der Waals surface area contributed by atoms with E-state index < -0.39 is 0 Å². The molecule has 1 radical (unpaired) electrons. The Labute approximate surface area is 78.8 Å². The van der Waals surface area contributed by atoms with Crippen LogP contribution in [0.3, 0.4) is 0 Å². The minimum Gasteiger partial charge on any atom is -0.497 e. The van der Waals surface area contributed by atoms with Crippen LogP contribution in [-0.4, -0.2) is 12.1 Å². The molecule has 2 aromatic rings. The van der Waals surface area contributed by atoms with Gasteiger partial charge in [-0.2, -0.15) is 0 Å². The molecule has 0 unspecified atom stereocenters. The van der Waals surface area contributed by atoms with E-state index in [0.29, 0.717) is 4.47 Å². The van der Waals surface area contributed by atoms with E-state index in [4.69, 9.17) is 16.3 Å². The summed E-state index contributed by atoms with van der Waals surface area (Å²) in [5.41, 5.74) is 0.797. The molecular formula is C8H5ClNOS. The van der Waals surface area contributed by atoms with Gasteiger partial charge in [0.05, 0.1) is 17.3 Å². The molecule has 0 N–H and O–H groups in total. The van der Waals surface area contributed by atoms with Crippen LogP contribution >= 0.6 is 22.9 Å². The first-order valence-electron chi connectivity index (χ1n) is 3.31. The Kier molecular flexibility index (Phi) is 1.90. The number of ether oxygens (including phenoxy) is 1. The van der Waals surface area contributed by atoms with Crippen LogP contribution < -0.4 is 4.74 Å². The molecule has 0 saturated heterocycles. The maximum absolute atomic E-state index is 5.73. The molecule has 12 heavy (non-hydrogen) atoms. The topological polar surface area (TPSA) is 22.1 Å². The molecule has 0 amide bonds. The Hall–Kier alpha value is -0.800. The first-order chi connectivity index (χ1) is 5.79. The number of halogens is 1. The highest BCUT2D eigenvalue weighted by molar-refractivity contribution is 7.22. The van der Waals surface area contributed by atoms with Crippen molar-refractivity contribution in [2.75, 3.05) is 7.11 Å². The summed E-state index contributed by atoms with van der Waals surface area (Å²) in [5.74, 6) is 0.780. The van der Waals surface area contributed by atoms with Crippen molar-refractivity contribution in [3.05, 3.63) is 22.7 Å². The lowest BCUT2D eigenvalue weighted by Crippen LogP contribution is -1.80. The van der Waals surface area contributed by atoms with Crippen molar-refractivity contribution in [1.29, 1.82) is 0 Å². The highest BCUT2D eigenvalue weighted by atomic mass is 35.5. The minimum absolute atomic E-state index is 0.537. The van der Waals surface area contributed by atoms with Crippen LogP contribution in [-0.2, 0) is 0 Å². The molecule has 0 aliphatic carbocycles. The van der Waals surface area contributed by atoms with Crippen LogP contribution in [0.5, 0.6) is 5.75 Å². The third-order valence-electron chi connectivity index (χ3n) is 1.49. The highest BCUT2D eigenvalue weighted by Gasteiger charge is 2.02. The number of benzene rings is 1. The van der Waals surface area contributed by atoms with Gasteiger partial charge >= 0.3 is 0 Å². The number of hydrogen-bond donors (Lipinski definition) is 0. The summed E-state index contributed by atoms with van der Waals surface area (Å²) in [6, 6.07) is 6.63. The molecule has 0 aliphatic heterocycles. The number of fused-ring (bicyclic) bond motifs is 1. The first kappa shape index (κ1) is 7.83. The molecule has 0 saturated carbocycles. The van der Waals surface area contributed by atoms with Gasteiger partial charge in [0.1, 0.15) is 5.75 Å². The van der Waals surface area contributed by atoms with Crippen molar-refractivity contribution in [2.24, 2.45) is 0 Å². The molecule has 2 rings (SSSR count). The lowest BCUT2D eigenvalue weighted by Gasteiger charge is -1.95. The summed E-state index contributed by atoms with van der Waals surface area (Å²) in [5, 5.41) is 0. The van der Waals surface area contributed by atoms with Crippen LogP contribution in [0.15, 0.2) is 12.1 Å². The molecule has 1 aromatic carbocycles. The predicted molar refractivity (Wildman–Crippen MR) is 50.0 cm³/mol. The van der Waals surface area contributed by atoms with E-state index in [1.807, 2.05) is 6.07 Å². The maximum atomic E-state index is 5.73. The molecule has 61 valence electrons. The van der Waals surface area contributed by atoms with Gasteiger partial charge in [-0.15, -0.1) is 11.3 Å². The summed E-state index contributed by atoms with van der Waals surface area (Å²) in [7, 11) is 1.62. The largest absolute Gasteiger partial charge is 0.497 e. The van der Waals surface area contributed by atoms with Gasteiger partial charge in [-0.3, -0.25) is 0 Å². The summed E-state index contributed by atoms with van der Waals surface area (Å²) >= 11 is 7.15. The normalized spacial score (nSPS) is 10.5. The fourth-order valence-electron chi connectivity index (χ4n) is 0.934. The van der Waals surface area contributed by atoms with Gasteiger partial charge in [0.15, 0.2) is 4.47 Å². The number of methoxy groups -OCH3 is 1. The lowest BCUT2D eigenvalue weighted by molar-refractivity contribution is 0.415. The van der Waals surface area contributed by atoms with Crippen LogP contribution in [0.25, 0.3) is 10.2 Å². The molecule has 0 fully saturated rings. The molecule has 0 bridgehead atoms. The van der Waals surface area contributed by atoms with Gasteiger partial charge in [-0.1, -0.05) is 11.6 Å². The van der Waals surface area contributed by atoms with Gasteiger partial charge in [0, 0.05) is 6.07 Å². The third-order valence-corrected chi connectivity index (χ3v) is 2.59. The van der Waals surface area contributed by atoms with E-state index in [2.05, 4.69) is 11.1 Å². The zero-order valence-corrected chi connectivity index (χ0v) is 7.87. The van der Waals surface area contributed by atoms with Gasteiger partial charge in [0.25, 0.3) is 0 Å². The number of hydrogen-bond acceptors (Lipinski definition) is 3. The van der Waals surface area contributed by atoms with Gasteiger partial charge in [-0.25, -0.2) is 4.98 Å². The van der Waals surface area contributed by atoms with E-state index in [1.54, 1.807) is 13.2 Å². The molecule has 0 atom stereocenters. The van der Waals surface area contributed by atoms with Crippen LogP contribution in [0.2, 0.25) is 4.47 Å². The first-order valence-corrected chi connectivity index (χ1v) is 4.51. The molecule has 0 aliphatic rings. The van der Waals surface area contributed by atoms with E-state index in [-0.39, 0.29) is 0 Å².